The van der Waals surface area contributed by atoms with Crippen molar-refractivity contribution >= 4 is 10.8 Å². The Hall–Kier alpha value is -1.89. The van der Waals surface area contributed by atoms with Gasteiger partial charge in [0.25, 0.3) is 0 Å². The van der Waals surface area contributed by atoms with Gasteiger partial charge in [0.05, 0.1) is 0 Å². The van der Waals surface area contributed by atoms with Gasteiger partial charge in [-0.1, -0.05) is 48.6 Å². The van der Waals surface area contributed by atoms with Crippen molar-refractivity contribution in [2.75, 3.05) is 0 Å². The maximum Gasteiger partial charge on any atom is 0.134 e. The Morgan fingerprint density at radius 1 is 1.12 bits per heavy atom. The first-order valence-corrected chi connectivity index (χ1v) is 9.17. The zero-order chi connectivity index (χ0) is 16.9. The number of halogens is 1. The van der Waals surface area contributed by atoms with Crippen molar-refractivity contribution in [1.82, 2.24) is 0 Å². The second-order valence-electron chi connectivity index (χ2n) is 6.97. The molecule has 2 aromatic carbocycles. The van der Waals surface area contributed by atoms with Crippen LogP contribution < -0.4 is 0 Å². The molecule has 0 bridgehead atoms. The molecule has 2 aromatic rings. The molecule has 0 atom stereocenters. The van der Waals surface area contributed by atoms with Crippen LogP contribution in [0.3, 0.4) is 0 Å². The maximum atomic E-state index is 14.7. The first-order chi connectivity index (χ1) is 11.7. The summed E-state index contributed by atoms with van der Waals surface area (Å²) in [7, 11) is 0. The van der Waals surface area contributed by atoms with Gasteiger partial charge in [0.15, 0.2) is 0 Å². The van der Waals surface area contributed by atoms with Crippen LogP contribution in [0.2, 0.25) is 0 Å². The SMILES string of the molecule is C=CC1CCC(c2ccc3c(F)c(CC/C=C/C)ccc3c2)CC1. The first kappa shape index (κ1) is 17.0. The summed E-state index contributed by atoms with van der Waals surface area (Å²) < 4.78 is 14.7. The second kappa shape index (κ2) is 7.79. The lowest BCUT2D eigenvalue weighted by atomic mass is 9.78. The van der Waals surface area contributed by atoms with Crippen LogP contribution in [0.4, 0.5) is 4.39 Å². The number of fused-ring (bicyclic) bond motifs is 1. The van der Waals surface area contributed by atoms with Crippen molar-refractivity contribution in [3.63, 3.8) is 0 Å². The molecule has 0 unspecified atom stereocenters. The fourth-order valence-electron chi connectivity index (χ4n) is 3.90. The molecule has 1 saturated carbocycles. The topological polar surface area (TPSA) is 0 Å². The largest absolute Gasteiger partial charge is 0.206 e. The van der Waals surface area contributed by atoms with Crippen molar-refractivity contribution in [1.29, 1.82) is 0 Å². The minimum Gasteiger partial charge on any atom is -0.206 e. The highest BCUT2D eigenvalue weighted by atomic mass is 19.1. The van der Waals surface area contributed by atoms with Gasteiger partial charge >= 0.3 is 0 Å². The van der Waals surface area contributed by atoms with Crippen LogP contribution in [0.5, 0.6) is 0 Å². The van der Waals surface area contributed by atoms with E-state index in [1.807, 2.05) is 25.1 Å². The molecule has 0 amide bonds. The summed E-state index contributed by atoms with van der Waals surface area (Å²) in [6.45, 7) is 5.92. The molecule has 0 heterocycles. The minimum absolute atomic E-state index is 0.0427. The fourth-order valence-corrected chi connectivity index (χ4v) is 3.90. The molecule has 3 rings (SSSR count). The van der Waals surface area contributed by atoms with Gasteiger partial charge in [-0.3, -0.25) is 0 Å². The van der Waals surface area contributed by atoms with Gasteiger partial charge in [-0.05, 0) is 73.8 Å². The lowest BCUT2D eigenvalue weighted by molar-refractivity contribution is 0.376. The van der Waals surface area contributed by atoms with E-state index in [1.54, 1.807) is 0 Å². The smallest absolute Gasteiger partial charge is 0.134 e. The molecule has 0 aliphatic heterocycles. The highest BCUT2D eigenvalue weighted by Gasteiger charge is 2.21. The highest BCUT2D eigenvalue weighted by Crippen LogP contribution is 2.37. The van der Waals surface area contributed by atoms with Crippen molar-refractivity contribution in [2.45, 2.75) is 51.4 Å². The third-order valence-electron chi connectivity index (χ3n) is 5.45. The summed E-state index contributed by atoms with van der Waals surface area (Å²) in [6, 6.07) is 10.4. The molecule has 126 valence electrons. The number of aryl methyl sites for hydroxylation is 1. The molecule has 0 N–H and O–H groups in total. The van der Waals surface area contributed by atoms with Gasteiger partial charge < -0.3 is 0 Å². The van der Waals surface area contributed by atoms with Crippen LogP contribution in [0, 0.1) is 11.7 Å². The number of hydrogen-bond donors (Lipinski definition) is 0. The van der Waals surface area contributed by atoms with Gasteiger partial charge in [0.1, 0.15) is 5.82 Å². The summed E-state index contributed by atoms with van der Waals surface area (Å²) in [4.78, 5) is 0. The van der Waals surface area contributed by atoms with Crippen molar-refractivity contribution in [2.24, 2.45) is 5.92 Å². The van der Waals surface area contributed by atoms with E-state index in [0.717, 1.165) is 29.2 Å². The van der Waals surface area contributed by atoms with E-state index >= 15 is 0 Å². The first-order valence-electron chi connectivity index (χ1n) is 9.17. The van der Waals surface area contributed by atoms with Gasteiger partial charge in [-0.15, -0.1) is 6.58 Å². The van der Waals surface area contributed by atoms with Crippen LogP contribution in [-0.4, -0.2) is 0 Å². The van der Waals surface area contributed by atoms with Crippen molar-refractivity contribution in [3.8, 4) is 0 Å². The third-order valence-corrected chi connectivity index (χ3v) is 5.45. The summed E-state index contributed by atoms with van der Waals surface area (Å²) in [5.74, 6) is 1.25. The van der Waals surface area contributed by atoms with E-state index in [4.69, 9.17) is 0 Å². The third kappa shape index (κ3) is 3.61. The number of allylic oxidation sites excluding steroid dienone is 3. The van der Waals surface area contributed by atoms with E-state index < -0.39 is 0 Å². The number of benzene rings is 2. The van der Waals surface area contributed by atoms with E-state index in [9.17, 15) is 4.39 Å². The Labute approximate surface area is 145 Å². The van der Waals surface area contributed by atoms with Crippen LogP contribution in [0.15, 0.2) is 55.1 Å². The van der Waals surface area contributed by atoms with Crippen LogP contribution in [0.1, 0.15) is 56.1 Å². The summed E-state index contributed by atoms with van der Waals surface area (Å²) >= 11 is 0. The molecule has 0 nitrogen and oxygen atoms in total. The standard InChI is InChI=1S/C23H27F/c1-3-5-6-7-19-12-13-21-16-20(14-15-22(21)23(19)24)18-10-8-17(4-2)9-11-18/h3-5,12-18H,2,6-11H2,1H3/b5-3+. The minimum atomic E-state index is -0.0427. The number of hydrogen-bond acceptors (Lipinski definition) is 0. The predicted octanol–water partition coefficient (Wildman–Crippen LogP) is 6.95. The maximum absolute atomic E-state index is 14.7. The highest BCUT2D eigenvalue weighted by molar-refractivity contribution is 5.84. The molecule has 0 radical (unpaired) electrons. The zero-order valence-corrected chi connectivity index (χ0v) is 14.6. The van der Waals surface area contributed by atoms with Gasteiger partial charge in [-0.2, -0.15) is 0 Å². The Balaban J connectivity index is 1.81. The molecular weight excluding hydrogens is 295 g/mol. The van der Waals surface area contributed by atoms with Gasteiger partial charge in [0, 0.05) is 5.39 Å². The summed E-state index contributed by atoms with van der Waals surface area (Å²) in [6.07, 6.45) is 12.7. The molecule has 0 aromatic heterocycles. The van der Waals surface area contributed by atoms with E-state index in [0.29, 0.717) is 11.8 Å². The molecule has 0 spiro atoms. The monoisotopic (exact) mass is 322 g/mol. The average molecular weight is 322 g/mol. The molecule has 0 saturated heterocycles. The fraction of sp³-hybridized carbons (Fsp3) is 0.391. The van der Waals surface area contributed by atoms with E-state index in [-0.39, 0.29) is 5.82 Å². The van der Waals surface area contributed by atoms with Crippen LogP contribution >= 0.6 is 0 Å². The predicted molar refractivity (Wildman–Crippen MR) is 102 cm³/mol. The summed E-state index contributed by atoms with van der Waals surface area (Å²) in [5.41, 5.74) is 2.19. The molecule has 1 fully saturated rings. The Kier molecular flexibility index (Phi) is 5.50. The zero-order valence-electron chi connectivity index (χ0n) is 14.6. The molecule has 1 aliphatic rings. The molecule has 1 heteroatoms. The van der Waals surface area contributed by atoms with Gasteiger partial charge in [-0.25, -0.2) is 4.39 Å². The molecular formula is C23H27F. The quantitative estimate of drug-likeness (QED) is 0.523. The second-order valence-corrected chi connectivity index (χ2v) is 6.97. The molecule has 24 heavy (non-hydrogen) atoms. The van der Waals surface area contributed by atoms with E-state index in [2.05, 4.69) is 36.9 Å². The lowest BCUT2D eigenvalue weighted by Crippen LogP contribution is -2.11. The van der Waals surface area contributed by atoms with Crippen LogP contribution in [0.25, 0.3) is 10.8 Å². The Morgan fingerprint density at radius 3 is 2.62 bits per heavy atom. The number of rotatable bonds is 5. The summed E-state index contributed by atoms with van der Waals surface area (Å²) in [5, 5.41) is 1.79. The normalized spacial score (nSPS) is 21.4. The average Bonchev–Trinajstić information content (AvgIpc) is 2.63. The lowest BCUT2D eigenvalue weighted by Gasteiger charge is -2.27. The van der Waals surface area contributed by atoms with Gasteiger partial charge in [0.2, 0.25) is 0 Å². The van der Waals surface area contributed by atoms with Crippen molar-refractivity contribution in [3.05, 3.63) is 72.1 Å². The van der Waals surface area contributed by atoms with Crippen LogP contribution in [-0.2, 0) is 6.42 Å². The van der Waals surface area contributed by atoms with Crippen molar-refractivity contribution < 1.29 is 4.39 Å². The Morgan fingerprint density at radius 2 is 1.92 bits per heavy atom. The Bertz CT molecular complexity index is 733. The van der Waals surface area contributed by atoms with E-state index in [1.165, 1.54) is 31.2 Å². The molecule has 1 aliphatic carbocycles.